The number of aromatic amines is 1. The quantitative estimate of drug-likeness (QED) is 0.178. The summed E-state index contributed by atoms with van der Waals surface area (Å²) in [7, 11) is 0. The Labute approximate surface area is 154 Å². The lowest BCUT2D eigenvalue weighted by molar-refractivity contribution is -0.484. The zero-order valence-corrected chi connectivity index (χ0v) is 15.4. The molecule has 0 fully saturated rings. The summed E-state index contributed by atoms with van der Waals surface area (Å²) < 4.78 is 9.68. The van der Waals surface area contributed by atoms with Crippen LogP contribution in [0, 0.1) is 15.4 Å². The van der Waals surface area contributed by atoms with Crippen molar-refractivity contribution in [2.45, 2.75) is 19.9 Å². The highest BCUT2D eigenvalue weighted by Crippen LogP contribution is 2.26. The number of nitrogens with zero attached hydrogens (tertiary/aromatic N) is 2. The first-order chi connectivity index (χ1) is 12.1. The van der Waals surface area contributed by atoms with Gasteiger partial charge >= 0.3 is 6.02 Å². The number of hydrogen-bond donors (Lipinski definition) is 2. The summed E-state index contributed by atoms with van der Waals surface area (Å²) in [5.41, 5.74) is 1.92. The first-order valence-corrected chi connectivity index (χ1v) is 8.98. The largest absolute Gasteiger partial charge is 0.470 e. The topological polar surface area (TPSA) is 63.9 Å². The number of hydrogen-bond acceptors (Lipinski definition) is 4. The minimum Gasteiger partial charge on any atom is -0.391 e. The van der Waals surface area contributed by atoms with Gasteiger partial charge in [-0.3, -0.25) is 0 Å². The molecule has 126 valence electrons. The van der Waals surface area contributed by atoms with Gasteiger partial charge in [0.05, 0.1) is 16.3 Å². The number of ether oxygens (including phenoxy) is 1. The molecule has 0 saturated heterocycles. The molecule has 0 radical (unpaired) electrons. The Morgan fingerprint density at radius 1 is 1.28 bits per heavy atom. The zero-order chi connectivity index (χ0) is 17.8. The van der Waals surface area contributed by atoms with Crippen LogP contribution in [-0.2, 0) is 0 Å². The maximum absolute atomic E-state index is 9.16. The standard InChI is InChI=1S/C18H16N4OS2/c1-12(2)22(13-8-9-15-16(10-13)25-18(24)21-15)17(20-11-19)23-14-6-4-3-5-7-14/h3-10,12H,1-2H3,(H,21,24)/p+1. The molecule has 0 atom stereocenters. The highest BCUT2D eigenvalue weighted by atomic mass is 32.1. The van der Waals surface area contributed by atoms with Crippen LogP contribution < -0.4 is 10.1 Å². The fourth-order valence-corrected chi connectivity index (χ4v) is 3.67. The minimum atomic E-state index is 0.0731. The van der Waals surface area contributed by atoms with Crippen LogP contribution in [0.2, 0.25) is 0 Å². The number of aromatic nitrogens is 1. The highest BCUT2D eigenvalue weighted by molar-refractivity contribution is 7.73. The predicted octanol–water partition coefficient (Wildman–Crippen LogP) is 4.52. The number of H-pyrrole nitrogens is 1. The van der Waals surface area contributed by atoms with Crippen molar-refractivity contribution in [3.05, 3.63) is 52.5 Å². The Morgan fingerprint density at radius 2 is 2.04 bits per heavy atom. The number of benzene rings is 2. The smallest absolute Gasteiger partial charge is 0.391 e. The molecule has 3 aromatic rings. The lowest BCUT2D eigenvalue weighted by atomic mass is 10.2. The van der Waals surface area contributed by atoms with E-state index in [0.717, 1.165) is 19.9 Å². The molecule has 7 heteroatoms. The monoisotopic (exact) mass is 369 g/mol. The fraction of sp³-hybridized carbons (Fsp3) is 0.167. The van der Waals surface area contributed by atoms with E-state index in [9.17, 15) is 0 Å². The van der Waals surface area contributed by atoms with Crippen molar-refractivity contribution in [1.29, 1.82) is 5.26 Å². The van der Waals surface area contributed by atoms with Gasteiger partial charge in [0.25, 0.3) is 6.19 Å². The molecule has 0 spiro atoms. The first kappa shape index (κ1) is 17.1. The van der Waals surface area contributed by atoms with Gasteiger partial charge in [-0.25, -0.2) is 0 Å². The zero-order valence-electron chi connectivity index (χ0n) is 13.8. The molecule has 0 unspecified atom stereocenters. The van der Waals surface area contributed by atoms with E-state index in [-0.39, 0.29) is 6.04 Å². The van der Waals surface area contributed by atoms with Gasteiger partial charge in [0.2, 0.25) is 0 Å². The maximum Gasteiger partial charge on any atom is 0.470 e. The van der Waals surface area contributed by atoms with E-state index in [0.29, 0.717) is 11.8 Å². The van der Waals surface area contributed by atoms with Crippen molar-refractivity contribution in [3.8, 4) is 11.9 Å². The van der Waals surface area contributed by atoms with Crippen LogP contribution in [0.3, 0.4) is 0 Å². The molecule has 1 heterocycles. The Kier molecular flexibility index (Phi) is 5.12. The third-order valence-electron chi connectivity index (χ3n) is 3.54. The van der Waals surface area contributed by atoms with Crippen molar-refractivity contribution in [1.82, 2.24) is 10.3 Å². The Hall–Kier alpha value is -2.69. The molecule has 5 nitrogen and oxygen atoms in total. The molecule has 0 saturated carbocycles. The molecule has 0 aliphatic rings. The van der Waals surface area contributed by atoms with Gasteiger partial charge in [0, 0.05) is 6.07 Å². The van der Waals surface area contributed by atoms with E-state index >= 15 is 0 Å². The van der Waals surface area contributed by atoms with E-state index < -0.39 is 0 Å². The molecular formula is C18H17N4OS2+. The molecule has 0 aliphatic carbocycles. The van der Waals surface area contributed by atoms with Gasteiger partial charge in [0.1, 0.15) is 11.4 Å². The normalized spacial score (nSPS) is 11.9. The third-order valence-corrected chi connectivity index (χ3v) is 4.74. The van der Waals surface area contributed by atoms with Gasteiger partial charge < -0.3 is 9.72 Å². The van der Waals surface area contributed by atoms with Crippen LogP contribution in [0.15, 0.2) is 48.5 Å². The van der Waals surface area contributed by atoms with Crippen molar-refractivity contribution >= 4 is 45.5 Å². The van der Waals surface area contributed by atoms with Crippen molar-refractivity contribution in [2.24, 2.45) is 0 Å². The number of thiazole rings is 1. The summed E-state index contributed by atoms with van der Waals surface area (Å²) in [5, 5.41) is 11.8. The van der Waals surface area contributed by atoms with E-state index in [1.54, 1.807) is 0 Å². The molecule has 0 bridgehead atoms. The average Bonchev–Trinajstić information content (AvgIpc) is 2.95. The second-order valence-electron chi connectivity index (χ2n) is 5.62. The van der Waals surface area contributed by atoms with Gasteiger partial charge in [0.15, 0.2) is 3.95 Å². The summed E-state index contributed by atoms with van der Waals surface area (Å²) in [6, 6.07) is 15.8. The van der Waals surface area contributed by atoms with Gasteiger partial charge in [-0.1, -0.05) is 18.2 Å². The van der Waals surface area contributed by atoms with Crippen LogP contribution >= 0.6 is 23.6 Å². The molecule has 3 rings (SSSR count). The summed E-state index contributed by atoms with van der Waals surface area (Å²) in [6.07, 6.45) is 1.96. The van der Waals surface area contributed by atoms with Gasteiger partial charge in [-0.2, -0.15) is 4.58 Å². The van der Waals surface area contributed by atoms with Crippen molar-refractivity contribution in [2.75, 3.05) is 0 Å². The second kappa shape index (κ2) is 7.47. The maximum atomic E-state index is 9.16. The minimum absolute atomic E-state index is 0.0731. The Morgan fingerprint density at radius 3 is 2.72 bits per heavy atom. The predicted molar refractivity (Wildman–Crippen MR) is 103 cm³/mol. The summed E-state index contributed by atoms with van der Waals surface area (Å²) in [4.78, 5) is 3.16. The van der Waals surface area contributed by atoms with E-state index in [1.807, 2.05) is 73.1 Å². The average molecular weight is 369 g/mol. The first-order valence-electron chi connectivity index (χ1n) is 7.75. The fourth-order valence-electron chi connectivity index (χ4n) is 2.52. The van der Waals surface area contributed by atoms with Crippen molar-refractivity contribution < 1.29 is 9.31 Å². The number of fused-ring (bicyclic) bond motifs is 1. The molecule has 2 N–H and O–H groups in total. The second-order valence-corrected chi connectivity index (χ2v) is 7.33. The Balaban J connectivity index is 2.12. The summed E-state index contributed by atoms with van der Waals surface area (Å²) in [5.74, 6) is 0.657. The molecule has 2 aromatic carbocycles. The van der Waals surface area contributed by atoms with Crippen LogP contribution in [0.25, 0.3) is 10.2 Å². The molecule has 0 aliphatic heterocycles. The van der Waals surface area contributed by atoms with Gasteiger partial charge in [-0.05, 0) is 50.3 Å². The number of nitriles is 1. The van der Waals surface area contributed by atoms with E-state index in [1.165, 1.54) is 11.3 Å². The Bertz CT molecular complexity index is 1010. The van der Waals surface area contributed by atoms with Gasteiger partial charge in [-0.15, -0.1) is 21.9 Å². The molecule has 0 amide bonds. The lowest BCUT2D eigenvalue weighted by Crippen LogP contribution is -2.36. The SMILES string of the molecule is CC(C)[N+](=C(NC#N)Oc1ccccc1)c1ccc2[nH]c(=S)sc2c1. The van der Waals surface area contributed by atoms with E-state index in [4.69, 9.17) is 22.2 Å². The number of para-hydroxylation sites is 1. The number of rotatable bonds is 3. The number of amidine groups is 1. The molecule has 1 aromatic heterocycles. The van der Waals surface area contributed by atoms with Crippen LogP contribution in [0.5, 0.6) is 5.75 Å². The third kappa shape index (κ3) is 3.87. The molecular weight excluding hydrogens is 352 g/mol. The lowest BCUT2D eigenvalue weighted by Gasteiger charge is -2.14. The number of nitrogens with one attached hydrogen (secondary N) is 2. The van der Waals surface area contributed by atoms with E-state index in [2.05, 4.69) is 10.3 Å². The highest BCUT2D eigenvalue weighted by Gasteiger charge is 2.22. The molecule has 25 heavy (non-hydrogen) atoms. The van der Waals surface area contributed by atoms with Crippen molar-refractivity contribution in [3.63, 3.8) is 0 Å². The van der Waals surface area contributed by atoms with Crippen LogP contribution in [0.4, 0.5) is 5.69 Å². The summed E-state index contributed by atoms with van der Waals surface area (Å²) in [6.45, 7) is 4.08. The summed E-state index contributed by atoms with van der Waals surface area (Å²) >= 11 is 6.74. The van der Waals surface area contributed by atoms with Crippen LogP contribution in [0.1, 0.15) is 13.8 Å². The van der Waals surface area contributed by atoms with Crippen LogP contribution in [-0.4, -0.2) is 21.6 Å².